The molecule has 1 atom stereocenters. The van der Waals surface area contributed by atoms with Crippen molar-refractivity contribution in [2.24, 2.45) is 11.3 Å². The molecule has 0 aliphatic carbocycles. The Morgan fingerprint density at radius 3 is 2.41 bits per heavy atom. The van der Waals surface area contributed by atoms with Crippen LogP contribution in [0.1, 0.15) is 46.1 Å². The molecule has 0 saturated carbocycles. The number of likely N-dealkylation sites (tertiary alicyclic amines) is 1. The third kappa shape index (κ3) is 5.94. The summed E-state index contributed by atoms with van der Waals surface area (Å²) >= 11 is 5.95. The van der Waals surface area contributed by atoms with Gasteiger partial charge in [-0.2, -0.15) is 5.26 Å². The summed E-state index contributed by atoms with van der Waals surface area (Å²) in [7, 11) is 0. The number of nitrogens with zero attached hydrogens (tertiary/aromatic N) is 2. The van der Waals surface area contributed by atoms with Crippen molar-refractivity contribution in [3.05, 3.63) is 28.8 Å². The molecule has 1 fully saturated rings. The van der Waals surface area contributed by atoms with Gasteiger partial charge in [0.2, 0.25) is 5.91 Å². The van der Waals surface area contributed by atoms with Crippen molar-refractivity contribution in [1.82, 2.24) is 4.90 Å². The second-order valence-corrected chi connectivity index (χ2v) is 8.60. The molecule has 1 aliphatic rings. The van der Waals surface area contributed by atoms with Crippen LogP contribution in [0.4, 0.5) is 5.69 Å². The van der Waals surface area contributed by atoms with Gasteiger partial charge in [-0.1, -0.05) is 32.4 Å². The summed E-state index contributed by atoms with van der Waals surface area (Å²) in [4.78, 5) is 38.8. The molecule has 0 unspecified atom stereocenters. The van der Waals surface area contributed by atoms with E-state index in [1.165, 1.54) is 19.1 Å². The molecule has 2 amide bonds. The van der Waals surface area contributed by atoms with Gasteiger partial charge >= 0.3 is 5.97 Å². The first-order valence-corrected chi connectivity index (χ1v) is 9.91. The molecule has 1 aliphatic heterocycles. The number of hydrogen-bond donors (Lipinski definition) is 1. The molecule has 0 aromatic heterocycles. The molecule has 7 nitrogen and oxygen atoms in total. The number of piperidine rings is 1. The van der Waals surface area contributed by atoms with Crippen LogP contribution in [0.25, 0.3) is 0 Å². The van der Waals surface area contributed by atoms with Gasteiger partial charge in [-0.25, -0.2) is 0 Å². The largest absolute Gasteiger partial charge is 0.452 e. The summed E-state index contributed by atoms with van der Waals surface area (Å²) in [6, 6.07) is 6.46. The Labute approximate surface area is 176 Å². The van der Waals surface area contributed by atoms with E-state index in [1.54, 1.807) is 11.0 Å². The van der Waals surface area contributed by atoms with Crippen LogP contribution >= 0.6 is 11.6 Å². The zero-order valence-corrected chi connectivity index (χ0v) is 17.9. The summed E-state index contributed by atoms with van der Waals surface area (Å²) in [6.45, 7) is 8.11. The maximum Gasteiger partial charge on any atom is 0.309 e. The quantitative estimate of drug-likeness (QED) is 0.754. The lowest BCUT2D eigenvalue weighted by Crippen LogP contribution is -2.45. The van der Waals surface area contributed by atoms with E-state index in [-0.39, 0.29) is 16.8 Å². The second kappa shape index (κ2) is 9.27. The van der Waals surface area contributed by atoms with Gasteiger partial charge in [0.25, 0.3) is 5.91 Å². The molecule has 1 aromatic rings. The molecule has 1 N–H and O–H groups in total. The van der Waals surface area contributed by atoms with Gasteiger partial charge in [-0.3, -0.25) is 14.4 Å². The fraction of sp³-hybridized carbons (Fsp3) is 0.524. The van der Waals surface area contributed by atoms with Gasteiger partial charge < -0.3 is 15.0 Å². The summed E-state index contributed by atoms with van der Waals surface area (Å²) in [6.07, 6.45) is 0.0478. The molecular formula is C21H26ClN3O4. The Balaban J connectivity index is 1.86. The van der Waals surface area contributed by atoms with E-state index in [4.69, 9.17) is 21.6 Å². The Hall–Kier alpha value is -2.59. The number of rotatable bonds is 4. The van der Waals surface area contributed by atoms with E-state index >= 15 is 0 Å². The van der Waals surface area contributed by atoms with Crippen molar-refractivity contribution < 1.29 is 19.1 Å². The standard InChI is InChI=1S/C21H26ClN3O4/c1-13(18(26)24-16-6-5-15(12-23)17(22)11-16)29-19(27)14-7-9-25(10-8-14)20(28)21(2,3)4/h5-6,11,13-14H,7-10H2,1-4H3,(H,24,26)/t13-/m1/s1. The maximum atomic E-state index is 12.4. The second-order valence-electron chi connectivity index (χ2n) is 8.19. The summed E-state index contributed by atoms with van der Waals surface area (Å²) in [5.41, 5.74) is 0.269. The van der Waals surface area contributed by atoms with Crippen molar-refractivity contribution in [1.29, 1.82) is 5.26 Å². The lowest BCUT2D eigenvalue weighted by Gasteiger charge is -2.35. The third-order valence-corrected chi connectivity index (χ3v) is 5.09. The number of ether oxygens (including phenoxy) is 1. The highest BCUT2D eigenvalue weighted by atomic mass is 35.5. The molecule has 1 aromatic carbocycles. The first-order chi connectivity index (χ1) is 13.5. The highest BCUT2D eigenvalue weighted by Gasteiger charge is 2.33. The predicted molar refractivity (Wildman–Crippen MR) is 109 cm³/mol. The minimum absolute atomic E-state index is 0.0677. The number of nitrogens with one attached hydrogen (secondary N) is 1. The molecule has 0 bridgehead atoms. The molecule has 29 heavy (non-hydrogen) atoms. The van der Waals surface area contributed by atoms with Crippen molar-refractivity contribution in [3.63, 3.8) is 0 Å². The van der Waals surface area contributed by atoms with E-state index in [1.807, 2.05) is 26.8 Å². The van der Waals surface area contributed by atoms with Crippen LogP contribution in [0.2, 0.25) is 5.02 Å². The number of amides is 2. The van der Waals surface area contributed by atoms with Gasteiger partial charge in [0.05, 0.1) is 16.5 Å². The van der Waals surface area contributed by atoms with Crippen molar-refractivity contribution >= 4 is 35.1 Å². The van der Waals surface area contributed by atoms with Gasteiger partial charge in [-0.05, 0) is 38.0 Å². The van der Waals surface area contributed by atoms with Crippen LogP contribution in [0.15, 0.2) is 18.2 Å². The topological polar surface area (TPSA) is 99.5 Å². The first-order valence-electron chi connectivity index (χ1n) is 9.53. The van der Waals surface area contributed by atoms with Crippen molar-refractivity contribution in [2.75, 3.05) is 18.4 Å². The number of nitriles is 1. The SMILES string of the molecule is C[C@@H](OC(=O)C1CCN(C(=O)C(C)(C)C)CC1)C(=O)Nc1ccc(C#N)c(Cl)c1. The number of carbonyl (C=O) groups excluding carboxylic acids is 3. The number of halogens is 1. The summed E-state index contributed by atoms with van der Waals surface area (Å²) in [5, 5.41) is 11.7. The average molecular weight is 420 g/mol. The Bertz CT molecular complexity index is 833. The molecule has 2 rings (SSSR count). The van der Waals surface area contributed by atoms with Gasteiger partial charge in [0.1, 0.15) is 6.07 Å². The highest BCUT2D eigenvalue weighted by Crippen LogP contribution is 2.25. The van der Waals surface area contributed by atoms with Gasteiger partial charge in [-0.15, -0.1) is 0 Å². The summed E-state index contributed by atoms with van der Waals surface area (Å²) in [5.74, 6) is -1.19. The Kier molecular flexibility index (Phi) is 7.26. The highest BCUT2D eigenvalue weighted by molar-refractivity contribution is 6.32. The zero-order valence-electron chi connectivity index (χ0n) is 17.1. The van der Waals surface area contributed by atoms with Crippen LogP contribution in [0.3, 0.4) is 0 Å². The van der Waals surface area contributed by atoms with Crippen LogP contribution in [0.5, 0.6) is 0 Å². The normalized spacial score (nSPS) is 15.9. The van der Waals surface area contributed by atoms with Gasteiger partial charge in [0, 0.05) is 24.2 Å². The average Bonchev–Trinajstić information content (AvgIpc) is 2.66. The molecule has 1 saturated heterocycles. The monoisotopic (exact) mass is 419 g/mol. The first kappa shape index (κ1) is 22.7. The Morgan fingerprint density at radius 1 is 1.28 bits per heavy atom. The number of hydrogen-bond acceptors (Lipinski definition) is 5. The van der Waals surface area contributed by atoms with Gasteiger partial charge in [0.15, 0.2) is 6.10 Å². The Morgan fingerprint density at radius 2 is 1.90 bits per heavy atom. The molecule has 0 spiro atoms. The molecular weight excluding hydrogens is 394 g/mol. The fourth-order valence-electron chi connectivity index (χ4n) is 3.04. The molecule has 156 valence electrons. The van der Waals surface area contributed by atoms with E-state index < -0.39 is 23.4 Å². The van der Waals surface area contributed by atoms with E-state index in [2.05, 4.69) is 5.32 Å². The van der Waals surface area contributed by atoms with Crippen molar-refractivity contribution in [2.45, 2.75) is 46.6 Å². The lowest BCUT2D eigenvalue weighted by atomic mass is 9.91. The van der Waals surface area contributed by atoms with Crippen LogP contribution in [-0.2, 0) is 19.1 Å². The van der Waals surface area contributed by atoms with E-state index in [0.29, 0.717) is 37.2 Å². The van der Waals surface area contributed by atoms with Crippen LogP contribution in [0, 0.1) is 22.7 Å². The maximum absolute atomic E-state index is 12.4. The minimum Gasteiger partial charge on any atom is -0.452 e. The number of carbonyl (C=O) groups is 3. The zero-order chi connectivity index (χ0) is 21.8. The van der Waals surface area contributed by atoms with Crippen LogP contribution in [-0.4, -0.2) is 41.9 Å². The molecule has 1 heterocycles. The predicted octanol–water partition coefficient (Wildman–Crippen LogP) is 3.37. The van der Waals surface area contributed by atoms with Crippen molar-refractivity contribution in [3.8, 4) is 6.07 Å². The lowest BCUT2D eigenvalue weighted by molar-refractivity contribution is -0.160. The third-order valence-electron chi connectivity index (χ3n) is 4.78. The van der Waals surface area contributed by atoms with E-state index in [9.17, 15) is 14.4 Å². The number of esters is 1. The summed E-state index contributed by atoms with van der Waals surface area (Å²) < 4.78 is 5.32. The van der Waals surface area contributed by atoms with E-state index in [0.717, 1.165) is 0 Å². The molecule has 8 heteroatoms. The smallest absolute Gasteiger partial charge is 0.309 e. The fourth-order valence-corrected chi connectivity index (χ4v) is 3.27. The number of benzene rings is 1. The minimum atomic E-state index is -0.980. The molecule has 0 radical (unpaired) electrons. The van der Waals surface area contributed by atoms with Crippen LogP contribution < -0.4 is 5.32 Å². The number of anilines is 1.